The highest BCUT2D eigenvalue weighted by atomic mass is 79.9. The standard InChI is InChI=1S/C13H12BrClN6/c1-8(2)21-18-13(17-19-21)11-7-16-20(12(11)14)10-5-3-4-9(15)6-10/h3-8H,1-2H3. The summed E-state index contributed by atoms with van der Waals surface area (Å²) < 4.78 is 2.49. The van der Waals surface area contributed by atoms with Crippen molar-refractivity contribution >= 4 is 27.5 Å². The Hall–Kier alpha value is -1.73. The number of benzene rings is 1. The Morgan fingerprint density at radius 2 is 2.10 bits per heavy atom. The first-order valence-corrected chi connectivity index (χ1v) is 7.52. The van der Waals surface area contributed by atoms with E-state index in [9.17, 15) is 0 Å². The largest absolute Gasteiger partial charge is 0.226 e. The molecule has 21 heavy (non-hydrogen) atoms. The molecule has 0 bridgehead atoms. The number of halogens is 2. The monoisotopic (exact) mass is 366 g/mol. The van der Waals surface area contributed by atoms with E-state index in [1.54, 1.807) is 15.7 Å². The summed E-state index contributed by atoms with van der Waals surface area (Å²) in [7, 11) is 0. The van der Waals surface area contributed by atoms with Gasteiger partial charge in [-0.05, 0) is 53.2 Å². The highest BCUT2D eigenvalue weighted by Gasteiger charge is 2.16. The molecule has 6 nitrogen and oxygen atoms in total. The minimum atomic E-state index is 0.160. The van der Waals surface area contributed by atoms with Crippen molar-refractivity contribution in [3.05, 3.63) is 40.1 Å². The van der Waals surface area contributed by atoms with Crippen molar-refractivity contribution in [2.45, 2.75) is 19.9 Å². The molecule has 0 N–H and O–H groups in total. The maximum atomic E-state index is 6.01. The van der Waals surface area contributed by atoms with Gasteiger partial charge in [-0.1, -0.05) is 17.7 Å². The fourth-order valence-corrected chi connectivity index (χ4v) is 2.58. The molecule has 2 heterocycles. The maximum Gasteiger partial charge on any atom is 0.209 e. The first kappa shape index (κ1) is 14.2. The number of nitrogens with zero attached hydrogens (tertiary/aromatic N) is 6. The summed E-state index contributed by atoms with van der Waals surface area (Å²) >= 11 is 9.55. The second-order valence-corrected chi connectivity index (χ2v) is 5.96. The fraction of sp³-hybridized carbons (Fsp3) is 0.231. The van der Waals surface area contributed by atoms with E-state index in [1.165, 1.54) is 0 Å². The Balaban J connectivity index is 2.02. The van der Waals surface area contributed by atoms with Crippen molar-refractivity contribution in [2.24, 2.45) is 0 Å². The zero-order valence-electron chi connectivity index (χ0n) is 11.4. The molecule has 0 aliphatic carbocycles. The summed E-state index contributed by atoms with van der Waals surface area (Å²) in [6.45, 7) is 3.99. The molecule has 0 aliphatic heterocycles. The predicted octanol–water partition coefficient (Wildman–Crippen LogP) is 3.52. The van der Waals surface area contributed by atoms with Crippen LogP contribution in [-0.4, -0.2) is 30.0 Å². The molecule has 0 unspecified atom stereocenters. The molecule has 0 amide bonds. The molecule has 0 saturated carbocycles. The van der Waals surface area contributed by atoms with Crippen molar-refractivity contribution in [3.8, 4) is 17.1 Å². The Kier molecular flexibility index (Phi) is 3.77. The van der Waals surface area contributed by atoms with E-state index in [0.717, 1.165) is 15.9 Å². The van der Waals surface area contributed by atoms with Gasteiger partial charge in [-0.3, -0.25) is 0 Å². The fourth-order valence-electron chi connectivity index (χ4n) is 1.82. The number of aromatic nitrogens is 6. The molecule has 0 spiro atoms. The van der Waals surface area contributed by atoms with Crippen molar-refractivity contribution in [2.75, 3.05) is 0 Å². The third kappa shape index (κ3) is 2.71. The number of tetrazole rings is 1. The molecular weight excluding hydrogens is 356 g/mol. The summed E-state index contributed by atoms with van der Waals surface area (Å²) in [5.41, 5.74) is 1.64. The van der Waals surface area contributed by atoms with Crippen LogP contribution in [0.2, 0.25) is 5.02 Å². The Morgan fingerprint density at radius 1 is 1.29 bits per heavy atom. The van der Waals surface area contributed by atoms with E-state index in [1.807, 2.05) is 38.1 Å². The lowest BCUT2D eigenvalue weighted by Crippen LogP contribution is -2.04. The molecule has 0 saturated heterocycles. The lowest BCUT2D eigenvalue weighted by atomic mass is 10.3. The van der Waals surface area contributed by atoms with Crippen LogP contribution in [0.25, 0.3) is 17.1 Å². The van der Waals surface area contributed by atoms with Gasteiger partial charge >= 0.3 is 0 Å². The molecule has 0 fully saturated rings. The zero-order chi connectivity index (χ0) is 15.0. The highest BCUT2D eigenvalue weighted by molar-refractivity contribution is 9.10. The predicted molar refractivity (Wildman–Crippen MR) is 83.5 cm³/mol. The highest BCUT2D eigenvalue weighted by Crippen LogP contribution is 2.28. The Morgan fingerprint density at radius 3 is 2.76 bits per heavy atom. The first-order valence-electron chi connectivity index (χ1n) is 6.35. The second kappa shape index (κ2) is 5.57. The number of hydrogen-bond acceptors (Lipinski definition) is 4. The Labute approximate surface area is 134 Å². The quantitative estimate of drug-likeness (QED) is 0.710. The summed E-state index contributed by atoms with van der Waals surface area (Å²) in [5, 5.41) is 17.4. The minimum Gasteiger partial charge on any atom is -0.226 e. The third-order valence-electron chi connectivity index (χ3n) is 2.89. The summed E-state index contributed by atoms with van der Waals surface area (Å²) in [5.74, 6) is 0.531. The van der Waals surface area contributed by atoms with Crippen LogP contribution in [0.5, 0.6) is 0 Å². The number of rotatable bonds is 3. The smallest absolute Gasteiger partial charge is 0.209 e. The molecule has 0 atom stereocenters. The average molecular weight is 368 g/mol. The molecule has 8 heteroatoms. The summed E-state index contributed by atoms with van der Waals surface area (Å²) in [6, 6.07) is 7.61. The van der Waals surface area contributed by atoms with E-state index < -0.39 is 0 Å². The summed E-state index contributed by atoms with van der Waals surface area (Å²) in [6.07, 6.45) is 1.70. The van der Waals surface area contributed by atoms with Gasteiger partial charge in [0, 0.05) is 5.02 Å². The van der Waals surface area contributed by atoms with Crippen LogP contribution >= 0.6 is 27.5 Å². The van der Waals surface area contributed by atoms with Crippen LogP contribution in [0, 0.1) is 0 Å². The summed E-state index contributed by atoms with van der Waals surface area (Å²) in [4.78, 5) is 1.57. The number of hydrogen-bond donors (Lipinski definition) is 0. The van der Waals surface area contributed by atoms with Crippen molar-refractivity contribution in [3.63, 3.8) is 0 Å². The topological polar surface area (TPSA) is 61.4 Å². The van der Waals surface area contributed by atoms with Gasteiger partial charge in [0.2, 0.25) is 5.82 Å². The van der Waals surface area contributed by atoms with Gasteiger partial charge in [-0.15, -0.1) is 10.2 Å². The van der Waals surface area contributed by atoms with Gasteiger partial charge in [0.25, 0.3) is 0 Å². The van der Waals surface area contributed by atoms with E-state index in [2.05, 4.69) is 36.4 Å². The van der Waals surface area contributed by atoms with Gasteiger partial charge in [0.05, 0.1) is 23.5 Å². The molecular formula is C13H12BrClN6. The molecule has 108 valence electrons. The average Bonchev–Trinajstić information content (AvgIpc) is 3.05. The lowest BCUT2D eigenvalue weighted by molar-refractivity contribution is 0.455. The lowest BCUT2D eigenvalue weighted by Gasteiger charge is -2.03. The zero-order valence-corrected chi connectivity index (χ0v) is 13.7. The van der Waals surface area contributed by atoms with Crippen molar-refractivity contribution in [1.29, 1.82) is 0 Å². The van der Waals surface area contributed by atoms with Crippen molar-refractivity contribution in [1.82, 2.24) is 30.0 Å². The van der Waals surface area contributed by atoms with Crippen LogP contribution in [0.4, 0.5) is 0 Å². The van der Waals surface area contributed by atoms with Gasteiger partial charge < -0.3 is 0 Å². The van der Waals surface area contributed by atoms with Gasteiger partial charge in [0.15, 0.2) is 0 Å². The van der Waals surface area contributed by atoms with Crippen LogP contribution in [-0.2, 0) is 0 Å². The van der Waals surface area contributed by atoms with Gasteiger partial charge in [-0.2, -0.15) is 9.90 Å². The van der Waals surface area contributed by atoms with E-state index >= 15 is 0 Å². The maximum absolute atomic E-state index is 6.01. The third-order valence-corrected chi connectivity index (χ3v) is 3.89. The Bertz CT molecular complexity index is 779. The second-order valence-electron chi connectivity index (χ2n) is 4.77. The molecule has 3 aromatic rings. The van der Waals surface area contributed by atoms with Crippen LogP contribution in [0.3, 0.4) is 0 Å². The van der Waals surface area contributed by atoms with Crippen molar-refractivity contribution < 1.29 is 0 Å². The van der Waals surface area contributed by atoms with Crippen LogP contribution < -0.4 is 0 Å². The van der Waals surface area contributed by atoms with Crippen LogP contribution in [0.1, 0.15) is 19.9 Å². The molecule has 2 aromatic heterocycles. The van der Waals surface area contributed by atoms with Gasteiger partial charge in [0.1, 0.15) is 4.60 Å². The van der Waals surface area contributed by atoms with Crippen LogP contribution in [0.15, 0.2) is 35.1 Å². The first-order chi connectivity index (χ1) is 10.1. The molecule has 0 aliphatic rings. The molecule has 3 rings (SSSR count). The van der Waals surface area contributed by atoms with E-state index in [0.29, 0.717) is 10.8 Å². The SMILES string of the molecule is CC(C)n1nnc(-c2cnn(-c3cccc(Cl)c3)c2Br)n1. The van der Waals surface area contributed by atoms with E-state index in [4.69, 9.17) is 11.6 Å². The van der Waals surface area contributed by atoms with Gasteiger partial charge in [-0.25, -0.2) is 4.68 Å². The molecule has 1 aromatic carbocycles. The van der Waals surface area contributed by atoms with E-state index in [-0.39, 0.29) is 6.04 Å². The normalized spacial score (nSPS) is 11.3. The minimum absolute atomic E-state index is 0.160. The molecule has 0 radical (unpaired) electrons.